The SMILES string of the molecule is CN(C)S(=O)(=O)n1cc(C=O)c2cc(Br)cnc21. The summed E-state index contributed by atoms with van der Waals surface area (Å²) in [6.07, 6.45) is 3.36. The first-order valence-corrected chi connectivity index (χ1v) is 7.11. The Bertz CT molecular complexity index is 721. The molecule has 2 heterocycles. The number of rotatable bonds is 3. The molecule has 0 saturated heterocycles. The molecule has 2 aromatic rings. The number of aldehydes is 1. The number of halogens is 1. The average molecular weight is 332 g/mol. The molecule has 8 heteroatoms. The first-order chi connectivity index (χ1) is 8.37. The van der Waals surface area contributed by atoms with Crippen molar-refractivity contribution >= 4 is 43.5 Å². The van der Waals surface area contributed by atoms with E-state index < -0.39 is 10.2 Å². The maximum absolute atomic E-state index is 12.1. The molecule has 0 aromatic carbocycles. The summed E-state index contributed by atoms with van der Waals surface area (Å²) >= 11 is 3.24. The third-order valence-electron chi connectivity index (χ3n) is 2.45. The second-order valence-electron chi connectivity index (χ2n) is 3.81. The summed E-state index contributed by atoms with van der Waals surface area (Å²) < 4.78 is 26.9. The van der Waals surface area contributed by atoms with E-state index in [4.69, 9.17) is 0 Å². The molecule has 0 radical (unpaired) electrons. The fourth-order valence-corrected chi connectivity index (χ4v) is 2.82. The van der Waals surface area contributed by atoms with Crippen molar-refractivity contribution < 1.29 is 13.2 Å². The zero-order valence-electron chi connectivity index (χ0n) is 9.66. The highest BCUT2D eigenvalue weighted by atomic mass is 79.9. The molecule has 0 atom stereocenters. The first-order valence-electron chi connectivity index (χ1n) is 4.92. The van der Waals surface area contributed by atoms with E-state index in [1.807, 2.05) is 0 Å². The van der Waals surface area contributed by atoms with Gasteiger partial charge in [-0.25, -0.2) is 8.96 Å². The molecule has 0 fully saturated rings. The van der Waals surface area contributed by atoms with Gasteiger partial charge >= 0.3 is 10.2 Å². The number of carbonyl (C=O) groups excluding carboxylic acids is 1. The Labute approximate surface area is 113 Å². The Morgan fingerprint density at radius 1 is 1.44 bits per heavy atom. The lowest BCUT2D eigenvalue weighted by Crippen LogP contribution is -2.28. The van der Waals surface area contributed by atoms with E-state index in [1.165, 1.54) is 26.5 Å². The summed E-state index contributed by atoms with van der Waals surface area (Å²) in [7, 11) is -0.858. The van der Waals surface area contributed by atoms with Crippen molar-refractivity contribution in [3.8, 4) is 0 Å². The largest absolute Gasteiger partial charge is 0.308 e. The van der Waals surface area contributed by atoms with Crippen molar-refractivity contribution in [2.75, 3.05) is 14.1 Å². The number of fused-ring (bicyclic) bond motifs is 1. The minimum atomic E-state index is -3.69. The Hall–Kier alpha value is -1.25. The molecule has 2 rings (SSSR count). The van der Waals surface area contributed by atoms with Crippen LogP contribution in [0.1, 0.15) is 10.4 Å². The third kappa shape index (κ3) is 1.96. The third-order valence-corrected chi connectivity index (χ3v) is 4.58. The van der Waals surface area contributed by atoms with Crippen LogP contribution < -0.4 is 0 Å². The molecule has 0 N–H and O–H groups in total. The molecule has 0 aliphatic heterocycles. The molecule has 0 bridgehead atoms. The lowest BCUT2D eigenvalue weighted by molar-refractivity contribution is 0.112. The maximum atomic E-state index is 12.1. The molecule has 0 saturated carbocycles. The minimum Gasteiger partial charge on any atom is -0.298 e. The Morgan fingerprint density at radius 3 is 2.67 bits per heavy atom. The van der Waals surface area contributed by atoms with Gasteiger partial charge in [-0.1, -0.05) is 0 Å². The average Bonchev–Trinajstić information content (AvgIpc) is 2.67. The van der Waals surface area contributed by atoms with Crippen LogP contribution in [0.2, 0.25) is 0 Å². The number of nitrogens with zero attached hydrogens (tertiary/aromatic N) is 3. The van der Waals surface area contributed by atoms with E-state index >= 15 is 0 Å². The van der Waals surface area contributed by atoms with Gasteiger partial charge < -0.3 is 0 Å². The van der Waals surface area contributed by atoms with E-state index in [-0.39, 0.29) is 11.2 Å². The lowest BCUT2D eigenvalue weighted by atomic mass is 10.2. The standard InChI is InChI=1S/C10H10BrN3O3S/c1-13(2)18(16,17)14-5-7(6-15)9-3-8(11)4-12-10(9)14/h3-6H,1-2H3. The van der Waals surface area contributed by atoms with Gasteiger partial charge in [0.1, 0.15) is 0 Å². The van der Waals surface area contributed by atoms with Gasteiger partial charge in [-0.05, 0) is 22.0 Å². The Morgan fingerprint density at radius 2 is 2.11 bits per heavy atom. The number of pyridine rings is 1. The number of hydrogen-bond donors (Lipinski definition) is 0. The smallest absolute Gasteiger partial charge is 0.298 e. The molecule has 0 unspecified atom stereocenters. The molecule has 18 heavy (non-hydrogen) atoms. The van der Waals surface area contributed by atoms with Crippen LogP contribution in [0.4, 0.5) is 0 Å². The van der Waals surface area contributed by atoms with Crippen molar-refractivity contribution in [3.05, 3.63) is 28.5 Å². The van der Waals surface area contributed by atoms with E-state index in [1.54, 1.807) is 6.07 Å². The van der Waals surface area contributed by atoms with Crippen molar-refractivity contribution in [2.24, 2.45) is 0 Å². The summed E-state index contributed by atoms with van der Waals surface area (Å²) in [6.45, 7) is 0. The summed E-state index contributed by atoms with van der Waals surface area (Å²) in [4.78, 5) is 15.0. The van der Waals surface area contributed by atoms with E-state index in [9.17, 15) is 13.2 Å². The molecular weight excluding hydrogens is 322 g/mol. The Balaban J connectivity index is 2.86. The summed E-state index contributed by atoms with van der Waals surface area (Å²) in [5.74, 6) is 0. The summed E-state index contributed by atoms with van der Waals surface area (Å²) in [5, 5.41) is 0.491. The van der Waals surface area contributed by atoms with Crippen LogP contribution >= 0.6 is 15.9 Å². The highest BCUT2D eigenvalue weighted by molar-refractivity contribution is 9.10. The molecule has 6 nitrogen and oxygen atoms in total. The van der Waals surface area contributed by atoms with Gasteiger partial charge in [-0.2, -0.15) is 12.7 Å². The highest BCUT2D eigenvalue weighted by Crippen LogP contribution is 2.23. The van der Waals surface area contributed by atoms with Gasteiger partial charge in [0.05, 0.1) is 0 Å². The monoisotopic (exact) mass is 331 g/mol. The molecule has 0 aliphatic rings. The topological polar surface area (TPSA) is 72.3 Å². The van der Waals surface area contributed by atoms with Crippen LogP contribution in [0.3, 0.4) is 0 Å². The number of hydrogen-bond acceptors (Lipinski definition) is 4. The number of carbonyl (C=O) groups is 1. The van der Waals surface area contributed by atoms with Gasteiger partial charge in [0.2, 0.25) is 0 Å². The normalized spacial score (nSPS) is 12.2. The van der Waals surface area contributed by atoms with E-state index in [2.05, 4.69) is 20.9 Å². The molecule has 0 aliphatic carbocycles. The predicted molar refractivity (Wildman–Crippen MR) is 70.8 cm³/mol. The molecule has 0 spiro atoms. The first kappa shape index (κ1) is 13.2. The van der Waals surface area contributed by atoms with Crippen LogP contribution in [0.25, 0.3) is 11.0 Å². The van der Waals surface area contributed by atoms with E-state index in [0.717, 1.165) is 8.28 Å². The van der Waals surface area contributed by atoms with Crippen LogP contribution in [-0.4, -0.2) is 42.1 Å². The second-order valence-corrected chi connectivity index (χ2v) is 6.75. The zero-order valence-corrected chi connectivity index (χ0v) is 12.1. The molecular formula is C10H10BrN3O3S. The second kappa shape index (κ2) is 4.45. The van der Waals surface area contributed by atoms with Crippen molar-refractivity contribution in [1.29, 1.82) is 0 Å². The fraction of sp³-hybridized carbons (Fsp3) is 0.200. The highest BCUT2D eigenvalue weighted by Gasteiger charge is 2.21. The quantitative estimate of drug-likeness (QED) is 0.794. The van der Waals surface area contributed by atoms with Crippen molar-refractivity contribution in [1.82, 2.24) is 13.3 Å². The Kier molecular flexibility index (Phi) is 3.26. The summed E-state index contributed by atoms with van der Waals surface area (Å²) in [5.41, 5.74) is 0.512. The van der Waals surface area contributed by atoms with Crippen molar-refractivity contribution in [2.45, 2.75) is 0 Å². The number of aromatic nitrogens is 2. The maximum Gasteiger partial charge on any atom is 0.308 e. The summed E-state index contributed by atoms with van der Waals surface area (Å²) in [6, 6.07) is 1.66. The van der Waals surface area contributed by atoms with Gasteiger partial charge in [-0.3, -0.25) is 4.79 Å². The van der Waals surface area contributed by atoms with Crippen LogP contribution in [0, 0.1) is 0 Å². The van der Waals surface area contributed by atoms with Gasteiger partial charge in [-0.15, -0.1) is 0 Å². The molecule has 2 aromatic heterocycles. The van der Waals surface area contributed by atoms with Gasteiger partial charge in [0, 0.05) is 41.9 Å². The zero-order chi connectivity index (χ0) is 13.5. The fourth-order valence-electron chi connectivity index (χ4n) is 1.52. The van der Waals surface area contributed by atoms with Crippen molar-refractivity contribution in [3.63, 3.8) is 0 Å². The predicted octanol–water partition coefficient (Wildman–Crippen LogP) is 1.27. The van der Waals surface area contributed by atoms with Crippen LogP contribution in [-0.2, 0) is 10.2 Å². The van der Waals surface area contributed by atoms with Crippen LogP contribution in [0.15, 0.2) is 22.9 Å². The van der Waals surface area contributed by atoms with Gasteiger partial charge in [0.25, 0.3) is 0 Å². The van der Waals surface area contributed by atoms with Gasteiger partial charge in [0.15, 0.2) is 11.9 Å². The van der Waals surface area contributed by atoms with E-state index in [0.29, 0.717) is 16.1 Å². The lowest BCUT2D eigenvalue weighted by Gasteiger charge is -2.12. The molecule has 96 valence electrons. The van der Waals surface area contributed by atoms with Crippen LogP contribution in [0.5, 0.6) is 0 Å². The minimum absolute atomic E-state index is 0.231. The molecule has 0 amide bonds.